The van der Waals surface area contributed by atoms with Gasteiger partial charge in [-0.3, -0.25) is 19.2 Å². The fraction of sp³-hybridized carbons (Fsp3) is 0.500. The Balaban J connectivity index is 0.000000149. The number of rotatable bonds is 0. The maximum Gasteiger partial charge on any atom is 0.321 e. The van der Waals surface area contributed by atoms with Crippen LogP contribution in [0.15, 0.2) is 12.2 Å². The summed E-state index contributed by atoms with van der Waals surface area (Å²) in [4.78, 5) is 41.9. The van der Waals surface area contributed by atoms with Gasteiger partial charge in [-0.25, -0.2) is 0 Å². The summed E-state index contributed by atoms with van der Waals surface area (Å²) in [5.74, 6) is -1.99. The minimum Gasteiger partial charge on any atom is -0.393 e. The van der Waals surface area contributed by atoms with E-state index in [0.29, 0.717) is 0 Å². The molecule has 0 amide bonds. The van der Waals surface area contributed by atoms with Crippen LogP contribution in [-0.4, -0.2) is 23.9 Å². The summed E-state index contributed by atoms with van der Waals surface area (Å²) in [6.07, 6.45) is 5.87. The van der Waals surface area contributed by atoms with Crippen LogP contribution in [0.3, 0.4) is 0 Å². The largest absolute Gasteiger partial charge is 0.393 e. The Kier molecular flexibility index (Phi) is 3.55. The Morgan fingerprint density at radius 1 is 0.944 bits per heavy atom. The Hall–Kier alpha value is -1.98. The van der Waals surface area contributed by atoms with Gasteiger partial charge in [0, 0.05) is 0 Å². The predicted octanol–water partition coefficient (Wildman–Crippen LogP) is 0.502. The van der Waals surface area contributed by atoms with Crippen LogP contribution in [0.1, 0.15) is 25.7 Å². The first-order chi connectivity index (χ1) is 8.58. The van der Waals surface area contributed by atoms with Gasteiger partial charge < -0.3 is 9.47 Å². The molecule has 6 heteroatoms. The van der Waals surface area contributed by atoms with E-state index in [-0.39, 0.29) is 36.6 Å². The number of cyclic esters (lactones) is 4. The van der Waals surface area contributed by atoms with Gasteiger partial charge >= 0.3 is 23.9 Å². The molecule has 3 aliphatic rings. The number of fused-ring (bicyclic) bond motifs is 1. The maximum atomic E-state index is 10.9. The van der Waals surface area contributed by atoms with Crippen molar-refractivity contribution in [3.63, 3.8) is 0 Å². The minimum atomic E-state index is -0.398. The molecule has 2 heterocycles. The molecule has 0 saturated carbocycles. The van der Waals surface area contributed by atoms with E-state index in [4.69, 9.17) is 0 Å². The van der Waals surface area contributed by atoms with E-state index in [2.05, 4.69) is 9.47 Å². The van der Waals surface area contributed by atoms with E-state index >= 15 is 0 Å². The molecule has 2 fully saturated rings. The molecular weight excluding hydrogens is 240 g/mol. The normalized spacial score (nSPS) is 29.3. The third-order valence-corrected chi connectivity index (χ3v) is 2.96. The second kappa shape index (κ2) is 5.12. The summed E-state index contributed by atoms with van der Waals surface area (Å²) in [5.41, 5.74) is 0. The van der Waals surface area contributed by atoms with Crippen molar-refractivity contribution in [2.24, 2.45) is 11.8 Å². The van der Waals surface area contributed by atoms with Crippen molar-refractivity contribution < 1.29 is 28.7 Å². The van der Waals surface area contributed by atoms with Crippen molar-refractivity contribution in [3.8, 4) is 0 Å². The summed E-state index contributed by atoms with van der Waals surface area (Å²) < 4.78 is 8.56. The molecule has 0 N–H and O–H groups in total. The Labute approximate surface area is 103 Å². The minimum absolute atomic E-state index is 0.188. The van der Waals surface area contributed by atoms with E-state index in [1.54, 1.807) is 6.08 Å². The standard InChI is InChI=1S/C8H8O3.C4H4O3/c9-7-5-3-1-2-4-6(5)8(10)11-7;5-3-1-2-4(6)7-3/h1,3,5-6H,2,4H2;1-2H2. The van der Waals surface area contributed by atoms with Crippen LogP contribution in [0.4, 0.5) is 0 Å². The van der Waals surface area contributed by atoms with Crippen molar-refractivity contribution in [3.05, 3.63) is 12.2 Å². The van der Waals surface area contributed by atoms with Gasteiger partial charge in [-0.05, 0) is 12.8 Å². The second-order valence-electron chi connectivity index (χ2n) is 4.22. The van der Waals surface area contributed by atoms with Gasteiger partial charge in [-0.2, -0.15) is 0 Å². The molecule has 2 atom stereocenters. The maximum absolute atomic E-state index is 10.9. The van der Waals surface area contributed by atoms with E-state index in [0.717, 1.165) is 12.8 Å². The van der Waals surface area contributed by atoms with Crippen LogP contribution >= 0.6 is 0 Å². The van der Waals surface area contributed by atoms with Gasteiger partial charge in [0.1, 0.15) is 0 Å². The van der Waals surface area contributed by atoms with Crippen LogP contribution in [0.25, 0.3) is 0 Å². The summed E-state index contributed by atoms with van der Waals surface area (Å²) in [6.45, 7) is 0. The summed E-state index contributed by atoms with van der Waals surface area (Å²) >= 11 is 0. The number of hydrogen-bond donors (Lipinski definition) is 0. The third kappa shape index (κ3) is 2.64. The Bertz CT molecular complexity index is 422. The number of hydrogen-bond acceptors (Lipinski definition) is 6. The molecule has 96 valence electrons. The Morgan fingerprint density at radius 2 is 1.61 bits per heavy atom. The number of esters is 4. The van der Waals surface area contributed by atoms with E-state index in [1.807, 2.05) is 6.08 Å². The van der Waals surface area contributed by atoms with Gasteiger partial charge in [0.2, 0.25) is 0 Å². The van der Waals surface area contributed by atoms with Crippen LogP contribution in [-0.2, 0) is 28.7 Å². The number of allylic oxidation sites excluding steroid dienone is 1. The molecule has 0 aromatic rings. The van der Waals surface area contributed by atoms with Gasteiger partial charge in [-0.1, -0.05) is 12.2 Å². The van der Waals surface area contributed by atoms with Gasteiger partial charge in [0.15, 0.2) is 0 Å². The van der Waals surface area contributed by atoms with E-state index in [9.17, 15) is 19.2 Å². The molecule has 0 bridgehead atoms. The molecule has 0 radical (unpaired) electrons. The predicted molar refractivity (Wildman–Crippen MR) is 56.8 cm³/mol. The zero-order valence-corrected chi connectivity index (χ0v) is 9.59. The smallest absolute Gasteiger partial charge is 0.321 e. The van der Waals surface area contributed by atoms with Crippen molar-refractivity contribution in [2.45, 2.75) is 25.7 Å². The lowest BCUT2D eigenvalue weighted by molar-refractivity contribution is -0.154. The summed E-state index contributed by atoms with van der Waals surface area (Å²) in [7, 11) is 0. The molecule has 0 aromatic carbocycles. The first kappa shape index (κ1) is 12.5. The van der Waals surface area contributed by atoms with Gasteiger partial charge in [0.05, 0.1) is 24.7 Å². The van der Waals surface area contributed by atoms with Crippen molar-refractivity contribution in [2.75, 3.05) is 0 Å². The first-order valence-corrected chi connectivity index (χ1v) is 5.73. The molecule has 0 aromatic heterocycles. The molecule has 18 heavy (non-hydrogen) atoms. The van der Waals surface area contributed by atoms with Crippen LogP contribution in [0, 0.1) is 11.8 Å². The topological polar surface area (TPSA) is 86.7 Å². The molecular formula is C12H12O6. The van der Waals surface area contributed by atoms with E-state index in [1.165, 1.54) is 0 Å². The van der Waals surface area contributed by atoms with E-state index < -0.39 is 11.9 Å². The highest BCUT2D eigenvalue weighted by Gasteiger charge is 2.43. The van der Waals surface area contributed by atoms with Crippen molar-refractivity contribution in [1.82, 2.24) is 0 Å². The molecule has 2 aliphatic heterocycles. The highest BCUT2D eigenvalue weighted by atomic mass is 16.6. The summed E-state index contributed by atoms with van der Waals surface area (Å²) in [5, 5.41) is 0. The molecule has 2 saturated heterocycles. The second-order valence-corrected chi connectivity index (χ2v) is 4.22. The molecule has 2 unspecified atom stereocenters. The average molecular weight is 252 g/mol. The number of carbonyl (C=O) groups is 4. The zero-order valence-electron chi connectivity index (χ0n) is 9.59. The lowest BCUT2D eigenvalue weighted by Gasteiger charge is -2.12. The SMILES string of the molecule is O=C1CCC(=O)O1.O=C1OC(=O)C2CCC=CC12. The highest BCUT2D eigenvalue weighted by molar-refractivity contribution is 5.97. The first-order valence-electron chi connectivity index (χ1n) is 5.73. The molecule has 0 spiro atoms. The average Bonchev–Trinajstić information content (AvgIpc) is 2.85. The molecule has 6 nitrogen and oxygen atoms in total. The van der Waals surface area contributed by atoms with Gasteiger partial charge in [-0.15, -0.1) is 0 Å². The fourth-order valence-corrected chi connectivity index (χ4v) is 2.02. The van der Waals surface area contributed by atoms with Crippen LogP contribution in [0.5, 0.6) is 0 Å². The monoisotopic (exact) mass is 252 g/mol. The Morgan fingerprint density at radius 3 is 2.11 bits per heavy atom. The molecule has 3 rings (SSSR count). The lowest BCUT2D eigenvalue weighted by atomic mass is 9.86. The van der Waals surface area contributed by atoms with Gasteiger partial charge in [0.25, 0.3) is 0 Å². The quantitative estimate of drug-likeness (QED) is 0.354. The van der Waals surface area contributed by atoms with Crippen LogP contribution in [0.2, 0.25) is 0 Å². The third-order valence-electron chi connectivity index (χ3n) is 2.96. The van der Waals surface area contributed by atoms with Crippen molar-refractivity contribution in [1.29, 1.82) is 0 Å². The zero-order chi connectivity index (χ0) is 13.1. The number of ether oxygens (including phenoxy) is 2. The van der Waals surface area contributed by atoms with Crippen LogP contribution < -0.4 is 0 Å². The van der Waals surface area contributed by atoms with Crippen molar-refractivity contribution >= 4 is 23.9 Å². The fourth-order valence-electron chi connectivity index (χ4n) is 2.02. The highest BCUT2D eigenvalue weighted by Crippen LogP contribution is 2.32. The number of carbonyl (C=O) groups excluding carboxylic acids is 4. The summed E-state index contributed by atoms with van der Waals surface area (Å²) in [6, 6.07) is 0. The lowest BCUT2D eigenvalue weighted by Crippen LogP contribution is -2.17. The molecule has 1 aliphatic carbocycles.